The molecule has 5 heteroatoms. The van der Waals surface area contributed by atoms with Crippen molar-refractivity contribution >= 4 is 7.60 Å². The molecule has 0 aromatic carbocycles. The highest BCUT2D eigenvalue weighted by Gasteiger charge is 2.25. The lowest BCUT2D eigenvalue weighted by atomic mass is 9.99. The van der Waals surface area contributed by atoms with E-state index in [1.54, 1.807) is 7.11 Å². The molecular formula is C22H47O4P. The normalized spacial score (nSPS) is 15.0. The van der Waals surface area contributed by atoms with Crippen molar-refractivity contribution in [1.82, 2.24) is 0 Å². The summed E-state index contributed by atoms with van der Waals surface area (Å²) >= 11 is 0. The van der Waals surface area contributed by atoms with Crippen molar-refractivity contribution in [3.05, 3.63) is 0 Å². The minimum atomic E-state index is -2.96. The number of methoxy groups -OCH3 is 1. The molecule has 0 heterocycles. The Balaban J connectivity index is 4.35. The molecule has 0 aliphatic heterocycles. The predicted octanol–water partition coefficient (Wildman–Crippen LogP) is 7.61. The van der Waals surface area contributed by atoms with E-state index in [2.05, 4.69) is 20.8 Å². The Bertz CT molecular complexity index is 349. The molecule has 0 fully saturated rings. The number of rotatable bonds is 21. The van der Waals surface area contributed by atoms with E-state index in [1.165, 1.54) is 44.9 Å². The van der Waals surface area contributed by atoms with Crippen LogP contribution in [0.25, 0.3) is 0 Å². The number of ether oxygens (including phenoxy) is 1. The minimum absolute atomic E-state index is 0.407. The maximum absolute atomic E-state index is 13.1. The molecule has 2 unspecified atom stereocenters. The van der Waals surface area contributed by atoms with Crippen LogP contribution in [-0.2, 0) is 18.3 Å². The van der Waals surface area contributed by atoms with Gasteiger partial charge in [-0.1, -0.05) is 78.6 Å². The fourth-order valence-corrected chi connectivity index (χ4v) is 4.98. The van der Waals surface area contributed by atoms with E-state index < -0.39 is 7.60 Å². The molecule has 0 aliphatic carbocycles. The van der Waals surface area contributed by atoms with Crippen LogP contribution in [0.2, 0.25) is 0 Å². The van der Waals surface area contributed by atoms with Gasteiger partial charge in [0, 0.05) is 13.7 Å². The summed E-state index contributed by atoms with van der Waals surface area (Å²) in [5.74, 6) is 0.407. The van der Waals surface area contributed by atoms with Gasteiger partial charge in [-0.15, -0.1) is 0 Å². The summed E-state index contributed by atoms with van der Waals surface area (Å²) in [4.78, 5) is 0. The predicted molar refractivity (Wildman–Crippen MR) is 117 cm³/mol. The van der Waals surface area contributed by atoms with Crippen LogP contribution in [-0.4, -0.2) is 33.1 Å². The van der Waals surface area contributed by atoms with Crippen molar-refractivity contribution in [3.8, 4) is 0 Å². The minimum Gasteiger partial charge on any atom is -0.385 e. The first-order chi connectivity index (χ1) is 13.1. The Kier molecular flexibility index (Phi) is 19.5. The molecule has 0 amide bonds. The molecule has 0 aliphatic rings. The summed E-state index contributed by atoms with van der Waals surface area (Å²) in [5.41, 5.74) is 0. The number of hydrogen-bond donors (Lipinski definition) is 0. The molecule has 0 rings (SSSR count). The molecule has 0 spiro atoms. The maximum Gasteiger partial charge on any atom is 0.330 e. The standard InChI is InChI=1S/C22H47O4P/c1-5-8-11-12-13-15-18-25-27(23,20-10-7-3)26-21-22(17-19-24-4)16-14-9-6-2/h22H,5-21H2,1-4H3. The Morgan fingerprint density at radius 2 is 1.33 bits per heavy atom. The van der Waals surface area contributed by atoms with E-state index in [0.29, 0.717) is 25.3 Å². The van der Waals surface area contributed by atoms with Crippen LogP contribution in [0.15, 0.2) is 0 Å². The van der Waals surface area contributed by atoms with E-state index in [4.69, 9.17) is 13.8 Å². The molecule has 0 N–H and O–H groups in total. The Hall–Kier alpha value is 0.110. The third-order valence-electron chi connectivity index (χ3n) is 5.02. The van der Waals surface area contributed by atoms with Crippen LogP contribution < -0.4 is 0 Å². The maximum atomic E-state index is 13.1. The fourth-order valence-electron chi connectivity index (χ4n) is 3.10. The van der Waals surface area contributed by atoms with Gasteiger partial charge in [0.2, 0.25) is 0 Å². The first-order valence-corrected chi connectivity index (χ1v) is 13.2. The molecule has 0 radical (unpaired) electrons. The lowest BCUT2D eigenvalue weighted by Crippen LogP contribution is -2.13. The smallest absolute Gasteiger partial charge is 0.330 e. The zero-order valence-corrected chi connectivity index (χ0v) is 19.6. The largest absolute Gasteiger partial charge is 0.385 e. The fraction of sp³-hybridized carbons (Fsp3) is 1.00. The number of unbranched alkanes of at least 4 members (excludes halogenated alkanes) is 8. The van der Waals surface area contributed by atoms with Gasteiger partial charge >= 0.3 is 7.60 Å². The molecule has 27 heavy (non-hydrogen) atoms. The zero-order chi connectivity index (χ0) is 20.2. The van der Waals surface area contributed by atoms with Crippen LogP contribution in [0.5, 0.6) is 0 Å². The van der Waals surface area contributed by atoms with E-state index in [-0.39, 0.29) is 0 Å². The summed E-state index contributed by atoms with van der Waals surface area (Å²) in [6.45, 7) is 8.39. The van der Waals surface area contributed by atoms with Gasteiger partial charge in [0.1, 0.15) is 0 Å². The van der Waals surface area contributed by atoms with Gasteiger partial charge in [0.25, 0.3) is 0 Å². The summed E-state index contributed by atoms with van der Waals surface area (Å²) in [5, 5.41) is 0. The average Bonchev–Trinajstić information content (AvgIpc) is 2.67. The van der Waals surface area contributed by atoms with E-state index in [9.17, 15) is 4.57 Å². The highest BCUT2D eigenvalue weighted by atomic mass is 31.2. The van der Waals surface area contributed by atoms with Gasteiger partial charge in [0.05, 0.1) is 19.4 Å². The Morgan fingerprint density at radius 3 is 2.00 bits per heavy atom. The van der Waals surface area contributed by atoms with Gasteiger partial charge in [-0.25, -0.2) is 0 Å². The van der Waals surface area contributed by atoms with E-state index in [1.807, 2.05) is 0 Å². The van der Waals surface area contributed by atoms with Crippen molar-refractivity contribution in [2.45, 2.75) is 104 Å². The molecule has 4 nitrogen and oxygen atoms in total. The van der Waals surface area contributed by atoms with Crippen LogP contribution in [0.1, 0.15) is 104 Å². The topological polar surface area (TPSA) is 44.8 Å². The first-order valence-electron chi connectivity index (χ1n) is 11.5. The van der Waals surface area contributed by atoms with Crippen LogP contribution in [0.3, 0.4) is 0 Å². The molecule has 0 aromatic rings. The van der Waals surface area contributed by atoms with Crippen LogP contribution in [0.4, 0.5) is 0 Å². The third kappa shape index (κ3) is 16.7. The highest BCUT2D eigenvalue weighted by molar-refractivity contribution is 7.53. The van der Waals surface area contributed by atoms with E-state index in [0.717, 1.165) is 45.1 Å². The highest BCUT2D eigenvalue weighted by Crippen LogP contribution is 2.49. The van der Waals surface area contributed by atoms with Crippen molar-refractivity contribution < 1.29 is 18.3 Å². The lowest BCUT2D eigenvalue weighted by molar-refractivity contribution is 0.134. The Labute approximate surface area is 169 Å². The summed E-state index contributed by atoms with van der Waals surface area (Å²) < 4.78 is 30.1. The molecular weight excluding hydrogens is 359 g/mol. The number of hydrogen-bond acceptors (Lipinski definition) is 4. The summed E-state index contributed by atoms with van der Waals surface area (Å²) in [6.07, 6.45) is 15.4. The van der Waals surface area contributed by atoms with Gasteiger partial charge in [-0.05, 0) is 31.6 Å². The van der Waals surface area contributed by atoms with Crippen molar-refractivity contribution in [2.75, 3.05) is 33.1 Å². The van der Waals surface area contributed by atoms with Gasteiger partial charge in [-0.3, -0.25) is 4.57 Å². The van der Waals surface area contributed by atoms with E-state index >= 15 is 0 Å². The van der Waals surface area contributed by atoms with Gasteiger partial charge < -0.3 is 13.8 Å². The molecule has 0 saturated heterocycles. The Morgan fingerprint density at radius 1 is 0.704 bits per heavy atom. The average molecular weight is 407 g/mol. The van der Waals surface area contributed by atoms with Gasteiger partial charge in [-0.2, -0.15) is 0 Å². The zero-order valence-electron chi connectivity index (χ0n) is 18.7. The lowest BCUT2D eigenvalue weighted by Gasteiger charge is -2.22. The van der Waals surface area contributed by atoms with Crippen LogP contribution >= 0.6 is 7.60 Å². The second kappa shape index (κ2) is 19.4. The molecule has 0 saturated carbocycles. The van der Waals surface area contributed by atoms with Crippen LogP contribution in [0, 0.1) is 5.92 Å². The van der Waals surface area contributed by atoms with Crippen molar-refractivity contribution in [2.24, 2.45) is 5.92 Å². The molecule has 2 atom stereocenters. The quantitative estimate of drug-likeness (QED) is 0.145. The summed E-state index contributed by atoms with van der Waals surface area (Å²) in [6, 6.07) is 0. The summed E-state index contributed by atoms with van der Waals surface area (Å²) in [7, 11) is -1.23. The second-order valence-corrected chi connectivity index (χ2v) is 9.91. The molecule has 0 aromatic heterocycles. The SMILES string of the molecule is CCCCCCCCOP(=O)(CCCC)OCC(CCCCC)CCOC. The third-order valence-corrected chi connectivity index (χ3v) is 7.01. The molecule has 0 bridgehead atoms. The monoisotopic (exact) mass is 406 g/mol. The molecule has 164 valence electrons. The van der Waals surface area contributed by atoms with Crippen molar-refractivity contribution in [3.63, 3.8) is 0 Å². The second-order valence-electron chi connectivity index (χ2n) is 7.73. The van der Waals surface area contributed by atoms with Crippen molar-refractivity contribution in [1.29, 1.82) is 0 Å². The first kappa shape index (κ1) is 27.1. The van der Waals surface area contributed by atoms with Gasteiger partial charge in [0.15, 0.2) is 0 Å².